The van der Waals surface area contributed by atoms with E-state index < -0.39 is 88.8 Å². The van der Waals surface area contributed by atoms with Crippen LogP contribution in [0.2, 0.25) is 0 Å². The number of rotatable bonds is 2. The van der Waals surface area contributed by atoms with E-state index >= 15 is 0 Å². The Bertz CT molecular complexity index is 1770. The number of fused-ring (bicyclic) bond motifs is 14. The number of amides is 1. The van der Waals surface area contributed by atoms with Crippen LogP contribution < -0.4 is 10.1 Å². The summed E-state index contributed by atoms with van der Waals surface area (Å²) >= 11 is 0. The molecular weight excluding hydrogens is 673 g/mol. The molecule has 3 aliphatic rings. The number of nitrogens with one attached hydrogen (secondary N) is 1. The van der Waals surface area contributed by atoms with Gasteiger partial charge < -0.3 is 49.8 Å². The Morgan fingerprint density at radius 2 is 1.59 bits per heavy atom. The molecule has 5 bridgehead atoms. The minimum absolute atomic E-state index is 0. The molecule has 13 nitrogen and oxygen atoms in total. The summed E-state index contributed by atoms with van der Waals surface area (Å²) in [5, 5.41) is 58.2. The zero-order valence-electron chi connectivity index (χ0n) is 30.7. The number of ketones is 1. The van der Waals surface area contributed by atoms with Gasteiger partial charge in [0.2, 0.25) is 0 Å². The number of aliphatic hydroxyl groups excluding tert-OH is 2. The number of benzene rings is 2. The summed E-state index contributed by atoms with van der Waals surface area (Å²) in [7, 11) is 1.43. The first-order valence-corrected chi connectivity index (χ1v) is 16.4. The molecule has 1 radical (unpaired) electrons. The van der Waals surface area contributed by atoms with Gasteiger partial charge in [-0.2, -0.15) is 0 Å². The topological polar surface area (TPSA) is 201 Å². The molecule has 0 spiro atoms. The van der Waals surface area contributed by atoms with Gasteiger partial charge in [0.25, 0.3) is 11.7 Å². The molecule has 3 heterocycles. The summed E-state index contributed by atoms with van der Waals surface area (Å²) in [4.78, 5) is 39.2. The summed E-state index contributed by atoms with van der Waals surface area (Å²) in [5.74, 6) is -7.99. The molecule has 0 unspecified atom stereocenters. The average Bonchev–Trinajstić information content (AvgIpc) is 3.33. The van der Waals surface area contributed by atoms with Crippen LogP contribution in [0.15, 0.2) is 42.2 Å². The van der Waals surface area contributed by atoms with E-state index in [-0.39, 0.29) is 68.5 Å². The molecule has 14 heteroatoms. The summed E-state index contributed by atoms with van der Waals surface area (Å²) in [5.41, 5.74) is -0.0929. The Balaban J connectivity index is 0.00000702. The summed E-state index contributed by atoms with van der Waals surface area (Å²) in [6.45, 7) is 12.5. The second-order valence-corrected chi connectivity index (χ2v) is 13.4. The monoisotopic (exact) mass is 720 g/mol. The fraction of sp³-hybridized carbons (Fsp3) is 0.486. The fourth-order valence-electron chi connectivity index (χ4n) is 6.65. The molecule has 2 aromatic rings. The molecule has 1 amide bonds. The number of carbonyl (C=O) groups is 3. The van der Waals surface area contributed by atoms with E-state index in [4.69, 9.17) is 18.9 Å². The Morgan fingerprint density at radius 3 is 2.20 bits per heavy atom. The van der Waals surface area contributed by atoms with Crippen molar-refractivity contribution in [2.24, 2.45) is 23.7 Å². The molecule has 51 heavy (non-hydrogen) atoms. The molecule has 0 saturated heterocycles. The van der Waals surface area contributed by atoms with Crippen LogP contribution in [-0.2, 0) is 23.8 Å². The summed E-state index contributed by atoms with van der Waals surface area (Å²) in [6.07, 6.45) is 3.62. The van der Waals surface area contributed by atoms with Crippen LogP contribution >= 0.6 is 0 Å². The van der Waals surface area contributed by atoms with Gasteiger partial charge in [0.05, 0.1) is 41.2 Å². The number of allylic oxidation sites excluding steroid dienone is 2. The van der Waals surface area contributed by atoms with Crippen LogP contribution in [-0.4, -0.2) is 110 Å². The maximum absolute atomic E-state index is 13.9. The van der Waals surface area contributed by atoms with Gasteiger partial charge in [-0.25, -0.2) is 0 Å². The number of hydrogen-bond acceptors (Lipinski definition) is 12. The standard InChI is InChI=1S/C37H47NO12.Na/c1-16-11-10-12-17(2)36(46)38-23-15-24(40)26-27(32(23)44)31(43)21(6)34-28(26)35(45)37(8,50-34)48-14-13-25(47-9)18(3)33(49-22(7)39)20(5)30(42)19(4)29(16)41;/h10-16,18-20,25,29-30,33,40-44H,1-9H3,(H,38,46);/b11-10?,14-13?,17-12-;/t16-,18+,19+,20+,25-,29-,30+,33+,37-;/m0./s1. The molecule has 273 valence electrons. The molecule has 3 aliphatic heterocycles. The number of phenolic OH excluding ortho intramolecular Hbond substituents is 3. The van der Waals surface area contributed by atoms with Crippen LogP contribution in [0, 0.1) is 30.6 Å². The molecule has 0 fully saturated rings. The number of esters is 1. The van der Waals surface area contributed by atoms with Crippen molar-refractivity contribution in [3.63, 3.8) is 0 Å². The third-order valence-electron chi connectivity index (χ3n) is 9.84. The van der Waals surface area contributed by atoms with Crippen LogP contribution in [0.3, 0.4) is 0 Å². The van der Waals surface area contributed by atoms with Crippen LogP contribution in [0.25, 0.3) is 10.8 Å². The van der Waals surface area contributed by atoms with Gasteiger partial charge in [-0.15, -0.1) is 0 Å². The van der Waals surface area contributed by atoms with E-state index in [1.54, 1.807) is 39.8 Å². The van der Waals surface area contributed by atoms with E-state index in [2.05, 4.69) is 5.32 Å². The molecule has 2 aromatic carbocycles. The second kappa shape index (κ2) is 16.4. The van der Waals surface area contributed by atoms with E-state index in [0.29, 0.717) is 0 Å². The van der Waals surface area contributed by atoms with Gasteiger partial charge in [0.1, 0.15) is 23.4 Å². The number of carbonyl (C=O) groups excluding carboxylic acids is 3. The molecule has 0 aliphatic carbocycles. The van der Waals surface area contributed by atoms with Crippen molar-refractivity contribution in [1.82, 2.24) is 0 Å². The van der Waals surface area contributed by atoms with Gasteiger partial charge in [-0.1, -0.05) is 45.9 Å². The van der Waals surface area contributed by atoms with Gasteiger partial charge >= 0.3 is 11.8 Å². The SMILES string of the molecule is CO[C@H]1C=CO[C@@]2(C)Oc3c(C)c(O)c4c(O)c(cc(O)c4c3C2=O)NC(=O)/C(C)=C\C=C[C@H](C)[C@H](O)[C@@H](C)[C@@H](O)[C@@H](C)[C@H](OC(C)=O)[C@@H]1C.[Na]. The number of ether oxygens (including phenoxy) is 4. The van der Waals surface area contributed by atoms with E-state index in [0.717, 1.165) is 6.07 Å². The molecule has 6 N–H and O–H groups in total. The molecular formula is C37H47NNaO12. The van der Waals surface area contributed by atoms with Gasteiger partial charge in [-0.05, 0) is 19.9 Å². The average molecular weight is 721 g/mol. The summed E-state index contributed by atoms with van der Waals surface area (Å²) in [6, 6.07) is 1.06. The minimum Gasteiger partial charge on any atom is -0.507 e. The van der Waals surface area contributed by atoms with Gasteiger partial charge in [0.15, 0.2) is 5.75 Å². The van der Waals surface area contributed by atoms with Crippen molar-refractivity contribution in [3.8, 4) is 23.0 Å². The van der Waals surface area contributed by atoms with E-state index in [1.165, 1.54) is 53.2 Å². The number of phenols is 3. The number of anilines is 1. The van der Waals surface area contributed by atoms with E-state index in [1.807, 2.05) is 0 Å². The molecule has 5 rings (SSSR count). The zero-order chi connectivity index (χ0) is 37.4. The molecule has 9 atom stereocenters. The molecule has 0 saturated carbocycles. The van der Waals surface area contributed by atoms with Crippen LogP contribution in [0.5, 0.6) is 23.0 Å². The van der Waals surface area contributed by atoms with Crippen molar-refractivity contribution in [2.75, 3.05) is 12.4 Å². The summed E-state index contributed by atoms with van der Waals surface area (Å²) < 4.78 is 23.2. The maximum Gasteiger partial charge on any atom is 0.312 e. The largest absolute Gasteiger partial charge is 0.507 e. The Labute approximate surface area is 319 Å². The smallest absolute Gasteiger partial charge is 0.312 e. The Morgan fingerprint density at radius 1 is 0.941 bits per heavy atom. The number of Topliss-reactive ketones (excluding diaryl/α,β-unsaturated/α-hetero) is 1. The minimum atomic E-state index is -1.98. The van der Waals surface area contributed by atoms with Gasteiger partial charge in [-0.3, -0.25) is 14.4 Å². The third-order valence-corrected chi connectivity index (χ3v) is 9.84. The first kappa shape index (κ1) is 41.8. The van der Waals surface area contributed by atoms with Crippen molar-refractivity contribution in [3.05, 3.63) is 53.3 Å². The first-order chi connectivity index (χ1) is 23.4. The number of methoxy groups -OCH3 is 1. The van der Waals surface area contributed by atoms with Crippen molar-refractivity contribution >= 4 is 63.7 Å². The quantitative estimate of drug-likeness (QED) is 0.111. The maximum atomic E-state index is 13.9. The van der Waals surface area contributed by atoms with Crippen LogP contribution in [0.4, 0.5) is 5.69 Å². The van der Waals surface area contributed by atoms with Gasteiger partial charge in [0, 0.05) is 96.8 Å². The van der Waals surface area contributed by atoms with E-state index in [9.17, 15) is 39.9 Å². The Hall–Kier alpha value is -3.59. The third kappa shape index (κ3) is 8.08. The first-order valence-electron chi connectivity index (χ1n) is 16.4. The predicted molar refractivity (Wildman–Crippen MR) is 190 cm³/mol. The predicted octanol–water partition coefficient (Wildman–Crippen LogP) is 4.37. The number of aliphatic hydroxyl groups is 2. The molecule has 0 aromatic heterocycles. The second-order valence-electron chi connectivity index (χ2n) is 13.4. The van der Waals surface area contributed by atoms with Crippen molar-refractivity contribution in [1.29, 1.82) is 0 Å². The number of hydrogen-bond donors (Lipinski definition) is 6. The van der Waals surface area contributed by atoms with Crippen LogP contribution in [0.1, 0.15) is 64.4 Å². The van der Waals surface area contributed by atoms with Crippen molar-refractivity contribution < 1.29 is 58.9 Å². The zero-order valence-corrected chi connectivity index (χ0v) is 32.7. The normalized spacial score (nSPS) is 31.3. The Kier molecular flexibility index (Phi) is 13.4. The van der Waals surface area contributed by atoms with Crippen molar-refractivity contribution in [2.45, 2.75) is 85.6 Å². The fourth-order valence-corrected chi connectivity index (χ4v) is 6.65. The number of aromatic hydroxyl groups is 3.